The Bertz CT molecular complexity index is 5190. The van der Waals surface area contributed by atoms with Crippen LogP contribution in [0.4, 0.5) is 0 Å². The molecule has 2 rings (SSSR count). The number of amides is 7. The molecule has 0 atom stereocenters. The molecule has 0 unspecified atom stereocenters. The summed E-state index contributed by atoms with van der Waals surface area (Å²) in [5.74, 6) is -7.32. The maximum atomic E-state index is 11.4. The highest BCUT2D eigenvalue weighted by Gasteiger charge is 2.31. The SMILES string of the molecule is C=C1N=C(CS(=O)(=O)C(C)C)NO1.CC(=O)CS(=O)(=O)C(C)C.CC(C)S(=O)(=O)CC(=O)N(C)C.CC(C)S(=O)(=O)CC(=O)N(C)C.CC(C)S(=O)(=O)CC(=O)NS(=O)(=O)N(C)C.CC(C)S(=O)(=O)CC(=O)NS(C)(=O)=O.CC(C)S(=O)(=O)Cc1ncn[nH]1.CCC(=O)C(C)(C)C(C)C.CNC(=O)CS(=O)(=O)C(C)C.CNC(=O)CS(=O)(=O)C(C)C.CONC(=O)CS(=O)(=O)C(C)C. The second-order valence-corrected chi connectivity index (χ2v) is 62.0. The Kier molecular flexibility index (Phi) is 69.6. The Morgan fingerprint density at radius 3 is 0.895 bits per heavy atom. The van der Waals surface area contributed by atoms with Crippen LogP contribution in [0.25, 0.3) is 0 Å². The van der Waals surface area contributed by atoms with Crippen LogP contribution in [0.3, 0.4) is 0 Å². The monoisotopic (exact) mass is 2150 g/mol. The predicted octanol–water partition coefficient (Wildman–Crippen LogP) is -0.600. The van der Waals surface area contributed by atoms with E-state index in [0.29, 0.717) is 29.8 Å². The number of nitrogens with zero attached hydrogens (tertiary/aromatic N) is 6. The highest BCUT2D eigenvalue weighted by molar-refractivity contribution is 7.95. The molecule has 0 aromatic carbocycles. The van der Waals surface area contributed by atoms with Crippen molar-refractivity contribution in [1.82, 2.24) is 60.3 Å². The summed E-state index contributed by atoms with van der Waals surface area (Å²) in [5, 5.41) is 5.45. The van der Waals surface area contributed by atoms with E-state index in [0.717, 1.165) is 10.6 Å². The second-order valence-electron chi connectivity index (χ2n) is 32.8. The molecule has 1 aliphatic heterocycles. The van der Waals surface area contributed by atoms with Crippen molar-refractivity contribution in [2.45, 2.75) is 245 Å². The van der Waals surface area contributed by atoms with Gasteiger partial charge in [-0.2, -0.15) is 22.8 Å². The lowest BCUT2D eigenvalue weighted by atomic mass is 9.77. The van der Waals surface area contributed by atoms with Gasteiger partial charge in [0.2, 0.25) is 51.3 Å². The average Bonchev–Trinajstić information content (AvgIpc) is 1.06. The van der Waals surface area contributed by atoms with Gasteiger partial charge in [-0.3, -0.25) is 57.8 Å². The maximum Gasteiger partial charge on any atom is 0.303 e. The number of nitrogens with one attached hydrogen (secondary N) is 7. The molecular weight excluding hydrogens is 2000 g/mol. The average molecular weight is 2160 g/mol. The number of carbonyl (C=O) groups excluding carboxylic acids is 9. The van der Waals surface area contributed by atoms with Gasteiger partial charge in [0.15, 0.2) is 104 Å². The molecule has 60 heteroatoms. The molecule has 2 heterocycles. The number of hydrogen-bond acceptors (Lipinski definition) is 39. The molecule has 48 nitrogen and oxygen atoms in total. The van der Waals surface area contributed by atoms with Crippen molar-refractivity contribution in [2.24, 2.45) is 16.3 Å². The van der Waals surface area contributed by atoms with Crippen LogP contribution < -0.4 is 31.0 Å². The van der Waals surface area contributed by atoms with Crippen LogP contribution in [0.5, 0.6) is 0 Å². The van der Waals surface area contributed by atoms with Gasteiger partial charge in [-0.05, 0) is 158 Å². The van der Waals surface area contributed by atoms with Crippen LogP contribution in [-0.4, -0.2) is 363 Å². The van der Waals surface area contributed by atoms with E-state index in [1.165, 1.54) is 128 Å². The van der Waals surface area contributed by atoms with Crippen molar-refractivity contribution in [3.8, 4) is 0 Å². The number of carbonyl (C=O) groups is 9. The molecule has 0 radical (unpaired) electrons. The number of amidine groups is 1. The topological polar surface area (TPSA) is 718 Å². The molecule has 7 N–H and O–H groups in total. The number of sulfone groups is 10. The van der Waals surface area contributed by atoms with Crippen molar-refractivity contribution in [2.75, 3.05) is 122 Å². The molecule has 1 aromatic heterocycles. The Balaban J connectivity index is -0.000000182. The first-order chi connectivity index (χ1) is 59.0. The number of Topliss-reactive ketones (excluding diaryl/α,β-unsaturated/α-hetero) is 2. The molecule has 0 spiro atoms. The molecule has 1 aromatic rings. The molecule has 0 fully saturated rings. The van der Waals surface area contributed by atoms with E-state index < -0.39 is 236 Å². The lowest BCUT2D eigenvalue weighted by molar-refractivity contribution is -0.129. The third-order valence-corrected chi connectivity index (χ3v) is 40.1. The smallest absolute Gasteiger partial charge is 0.303 e. The van der Waals surface area contributed by atoms with Gasteiger partial charge < -0.3 is 25.3 Å². The number of sulfonamides is 1. The van der Waals surface area contributed by atoms with Crippen LogP contribution >= 0.6 is 0 Å². The predicted molar refractivity (Wildman–Crippen MR) is 514 cm³/mol. The molecule has 0 aliphatic carbocycles. The van der Waals surface area contributed by atoms with Gasteiger partial charge >= 0.3 is 10.2 Å². The quantitative estimate of drug-likeness (QED) is 0.0409. The van der Waals surface area contributed by atoms with E-state index in [2.05, 4.69) is 66.4 Å². The number of ketones is 2. The summed E-state index contributed by atoms with van der Waals surface area (Å²) in [6, 6.07) is 0. The van der Waals surface area contributed by atoms with E-state index in [-0.39, 0.29) is 51.4 Å². The number of rotatable bonds is 37. The van der Waals surface area contributed by atoms with E-state index in [1.807, 2.05) is 26.3 Å². The van der Waals surface area contributed by atoms with E-state index in [9.17, 15) is 144 Å². The molecule has 133 heavy (non-hydrogen) atoms. The zero-order valence-electron chi connectivity index (χ0n) is 83.3. The van der Waals surface area contributed by atoms with Gasteiger partial charge in [0.05, 0.1) is 65.9 Å². The summed E-state index contributed by atoms with van der Waals surface area (Å²) in [6.45, 7) is 45.7. The van der Waals surface area contributed by atoms with Crippen molar-refractivity contribution in [3.63, 3.8) is 0 Å². The summed E-state index contributed by atoms with van der Waals surface area (Å²) in [4.78, 5) is 117. The Morgan fingerprint density at radius 2 is 0.692 bits per heavy atom. The molecule has 790 valence electrons. The molecule has 7 amide bonds. The lowest BCUT2D eigenvalue weighted by Gasteiger charge is -2.26. The Labute approximate surface area is 792 Å². The van der Waals surface area contributed by atoms with Gasteiger partial charge in [-0.15, -0.1) is 0 Å². The van der Waals surface area contributed by atoms with Crippen molar-refractivity contribution >= 4 is 177 Å². The fourth-order valence-corrected chi connectivity index (χ4v) is 15.7. The van der Waals surface area contributed by atoms with Gasteiger partial charge in [0.25, 0.3) is 5.91 Å². The number of aliphatic imine (C=N–C) groups is 1. The summed E-state index contributed by atoms with van der Waals surface area (Å²) in [5.41, 5.74) is 4.20. The van der Waals surface area contributed by atoms with Crippen LogP contribution in [0.2, 0.25) is 0 Å². The normalized spacial score (nSPS) is 12.6. The second kappa shape index (κ2) is 64.3. The number of aromatic nitrogens is 3. The highest BCUT2D eigenvalue weighted by Crippen LogP contribution is 2.28. The van der Waals surface area contributed by atoms with Crippen LogP contribution in [-0.2, 0) is 177 Å². The van der Waals surface area contributed by atoms with Crippen molar-refractivity contribution in [3.05, 3.63) is 24.6 Å². The maximum absolute atomic E-state index is 11.4. The Hall–Kier alpha value is -6.90. The third-order valence-electron chi connectivity index (χ3n) is 16.9. The van der Waals surface area contributed by atoms with Crippen LogP contribution in [0.15, 0.2) is 23.8 Å². The van der Waals surface area contributed by atoms with Crippen LogP contribution in [0, 0.1) is 11.3 Å². The first-order valence-electron chi connectivity index (χ1n) is 40.1. The van der Waals surface area contributed by atoms with Crippen molar-refractivity contribution in [1.29, 1.82) is 0 Å². The third kappa shape index (κ3) is 70.4. The van der Waals surface area contributed by atoms with E-state index in [4.69, 9.17) is 0 Å². The Morgan fingerprint density at radius 1 is 0.421 bits per heavy atom. The van der Waals surface area contributed by atoms with Gasteiger partial charge in [-0.25, -0.2) is 113 Å². The summed E-state index contributed by atoms with van der Waals surface area (Å²) < 4.78 is 271. The number of hydrogen-bond donors (Lipinski definition) is 7. The first-order valence-corrected chi connectivity index (χ1v) is 60.6. The molecular formula is C73H151N13O35S12. The zero-order chi connectivity index (χ0) is 108. The minimum atomic E-state index is -3.93. The fourth-order valence-electron chi connectivity index (χ4n) is 6.09. The largest absolute Gasteiger partial charge is 0.361 e. The number of hydroxylamine groups is 2. The molecule has 0 saturated carbocycles. The standard InChI is InChI=1S/C9H18O.C7H16N2O5S2.C7H12N2O3S.2C7H15NO3S.C6H11N3O2S.C6H13NO5S2.C6H13NO4S.2C6H13NO3S.C6H12O3S/c1-6-8(10)9(4,5)7(2)3;1-6(2)15(11,12)5-7(10)8-16(13,14)9(3)4;1-5(2)13(10,11)4-7-8-6(3)12-9-7;2*1-6(2)12(10,11)5-7(9)8(3)4;1-5(2)12(10,11)3-6-7-4-8-9-6;1-5(2)14(11,12)4-6(8)7-13(3,9)10;1-5(2)12(9,10)4-6(8)7-11-3;2*1-5(2)11(9,10)4-6(8)7-3;1-5(2)10(8,9)4-6(3)7/h7H,6H2,1-5H3;6H,5H2,1-4H3,(H,8,10);5H,3-4H2,1-2H3,(H,8,9);2*6H,5H2,1-4H3;4-5H,3H2,1-2H3,(H,7,8,9);5H,4H2,1-3H3,(H,7,8);5H,4H2,1-3H3,(H,7,8);2*5H,4H2,1-3H3,(H,7,8);5H,4H2,1-3H3. The molecule has 1 aliphatic rings. The summed E-state index contributed by atoms with van der Waals surface area (Å²) in [6.07, 6.45) is 2.74. The molecule has 0 bridgehead atoms. The van der Waals surface area contributed by atoms with E-state index in [1.54, 1.807) is 106 Å². The van der Waals surface area contributed by atoms with Crippen molar-refractivity contribution < 1.29 is 154 Å². The van der Waals surface area contributed by atoms with Crippen LogP contribution in [0.1, 0.15) is 192 Å². The summed E-state index contributed by atoms with van der Waals surface area (Å²) >= 11 is 0. The fraction of sp³-hybridized carbons (Fsp3) is 0.808. The first kappa shape index (κ1) is 144. The number of H-pyrrole nitrogens is 1. The minimum absolute atomic E-state index is 0.0648. The van der Waals surface area contributed by atoms with E-state index >= 15 is 0 Å². The van der Waals surface area contributed by atoms with Gasteiger partial charge in [-0.1, -0.05) is 34.6 Å². The van der Waals surface area contributed by atoms with Gasteiger partial charge in [0.1, 0.15) is 81.2 Å². The lowest BCUT2D eigenvalue weighted by Crippen LogP contribution is -2.42. The minimum Gasteiger partial charge on any atom is -0.361 e. The summed E-state index contributed by atoms with van der Waals surface area (Å²) in [7, 11) is -27.6. The highest BCUT2D eigenvalue weighted by atomic mass is 32.2. The van der Waals surface area contributed by atoms with Gasteiger partial charge in [0, 0.05) is 68.2 Å². The molecule has 0 saturated heterocycles. The zero-order valence-corrected chi connectivity index (χ0v) is 93.1. The number of aromatic amines is 1.